The molecule has 0 saturated heterocycles. The second kappa shape index (κ2) is 9.43. The molecule has 0 radical (unpaired) electrons. The van der Waals surface area contributed by atoms with Gasteiger partial charge in [0.15, 0.2) is 10.1 Å². The van der Waals surface area contributed by atoms with E-state index in [0.717, 1.165) is 15.7 Å². The summed E-state index contributed by atoms with van der Waals surface area (Å²) >= 11 is 2.97. The van der Waals surface area contributed by atoms with E-state index in [1.54, 1.807) is 30.8 Å². The Kier molecular flexibility index (Phi) is 6.73. The van der Waals surface area contributed by atoms with E-state index in [1.807, 2.05) is 30.3 Å². The molecule has 1 aromatic heterocycles. The molecule has 0 aliphatic heterocycles. The van der Waals surface area contributed by atoms with Crippen molar-refractivity contribution in [3.63, 3.8) is 0 Å². The number of carbonyl (C=O) groups excluding carboxylic acids is 1. The number of ketones is 1. The summed E-state index contributed by atoms with van der Waals surface area (Å²) in [7, 11) is 0. The Bertz CT molecular complexity index is 941. The molecule has 1 N–H and O–H groups in total. The van der Waals surface area contributed by atoms with Gasteiger partial charge in [-0.25, -0.2) is 4.39 Å². The summed E-state index contributed by atoms with van der Waals surface area (Å²) in [5, 5.41) is 11.7. The van der Waals surface area contributed by atoms with E-state index >= 15 is 0 Å². The van der Waals surface area contributed by atoms with Gasteiger partial charge >= 0.3 is 0 Å². The Hall–Kier alpha value is -2.51. The van der Waals surface area contributed by atoms with E-state index in [-0.39, 0.29) is 18.1 Å². The fraction of sp³-hybridized carbons (Fsp3) is 0.150. The molecule has 3 rings (SSSR count). The van der Waals surface area contributed by atoms with Crippen molar-refractivity contribution in [1.29, 1.82) is 0 Å². The van der Waals surface area contributed by atoms with Gasteiger partial charge in [-0.05, 0) is 24.1 Å². The molecule has 3 aromatic rings. The van der Waals surface area contributed by atoms with Crippen LogP contribution in [0.4, 0.5) is 9.52 Å². The second-order valence-electron chi connectivity index (χ2n) is 5.74. The molecular weight excluding hydrogens is 381 g/mol. The van der Waals surface area contributed by atoms with Crippen molar-refractivity contribution in [3.8, 4) is 0 Å². The number of aryl methyl sites for hydroxylation is 1. The topological polar surface area (TPSA) is 54.9 Å². The SMILES string of the molecule is Cc1ccc(C(=O)CNc2nnc(SC/C=C/c3ccccc3)s2)cc1F. The van der Waals surface area contributed by atoms with Gasteiger partial charge in [0.25, 0.3) is 0 Å². The highest BCUT2D eigenvalue weighted by molar-refractivity contribution is 8.01. The molecule has 1 heterocycles. The predicted octanol–water partition coefficient (Wildman–Crippen LogP) is 5.09. The predicted molar refractivity (Wildman–Crippen MR) is 110 cm³/mol. The van der Waals surface area contributed by atoms with Crippen LogP contribution in [-0.2, 0) is 0 Å². The summed E-state index contributed by atoms with van der Waals surface area (Å²) in [6.07, 6.45) is 4.14. The molecule has 0 spiro atoms. The monoisotopic (exact) mass is 399 g/mol. The zero-order valence-corrected chi connectivity index (χ0v) is 16.3. The molecule has 0 aliphatic rings. The maximum atomic E-state index is 13.6. The molecule has 0 unspecified atom stereocenters. The van der Waals surface area contributed by atoms with Gasteiger partial charge in [0.05, 0.1) is 6.54 Å². The molecule has 27 heavy (non-hydrogen) atoms. The van der Waals surface area contributed by atoms with Crippen LogP contribution in [0.5, 0.6) is 0 Å². The minimum absolute atomic E-state index is 0.0513. The largest absolute Gasteiger partial charge is 0.353 e. The van der Waals surface area contributed by atoms with Gasteiger partial charge < -0.3 is 5.32 Å². The van der Waals surface area contributed by atoms with Crippen molar-refractivity contribution in [2.24, 2.45) is 0 Å². The standard InChI is InChI=1S/C20H18FN3OS2/c1-14-9-10-16(12-17(14)21)18(25)13-22-19-23-24-20(27-19)26-11-5-8-15-6-3-2-4-7-15/h2-10,12H,11,13H2,1H3,(H,22,23)/b8-5+. The van der Waals surface area contributed by atoms with Crippen LogP contribution < -0.4 is 5.32 Å². The highest BCUT2D eigenvalue weighted by Gasteiger charge is 2.10. The zero-order chi connectivity index (χ0) is 19.1. The Balaban J connectivity index is 1.47. The molecule has 7 heteroatoms. The van der Waals surface area contributed by atoms with E-state index in [4.69, 9.17) is 0 Å². The number of nitrogens with zero attached hydrogens (tertiary/aromatic N) is 2. The first-order valence-corrected chi connectivity index (χ1v) is 10.1. The number of Topliss-reactive ketones (excluding diaryl/α,β-unsaturated/α-hetero) is 1. The van der Waals surface area contributed by atoms with Crippen LogP contribution in [0, 0.1) is 12.7 Å². The Labute approximate surface area is 165 Å². The quantitative estimate of drug-likeness (QED) is 0.423. The maximum Gasteiger partial charge on any atom is 0.206 e. The van der Waals surface area contributed by atoms with E-state index in [9.17, 15) is 9.18 Å². The number of hydrogen-bond donors (Lipinski definition) is 1. The molecule has 0 atom stereocenters. The fourth-order valence-corrected chi connectivity index (χ4v) is 3.81. The third-order valence-electron chi connectivity index (χ3n) is 3.71. The molecular formula is C20H18FN3OS2. The van der Waals surface area contributed by atoms with Crippen LogP contribution in [0.1, 0.15) is 21.5 Å². The number of thioether (sulfide) groups is 1. The summed E-state index contributed by atoms with van der Waals surface area (Å²) in [5.74, 6) is 0.216. The van der Waals surface area contributed by atoms with Crippen LogP contribution in [0.15, 0.2) is 58.9 Å². The number of nitrogens with one attached hydrogen (secondary N) is 1. The number of benzene rings is 2. The van der Waals surface area contributed by atoms with E-state index in [1.165, 1.54) is 17.4 Å². The molecule has 138 valence electrons. The maximum absolute atomic E-state index is 13.6. The number of rotatable bonds is 8. The van der Waals surface area contributed by atoms with Gasteiger partial charge in [0.2, 0.25) is 5.13 Å². The van der Waals surface area contributed by atoms with Crippen LogP contribution in [0.25, 0.3) is 6.08 Å². The lowest BCUT2D eigenvalue weighted by Crippen LogP contribution is -2.14. The van der Waals surface area contributed by atoms with Crippen molar-refractivity contribution < 1.29 is 9.18 Å². The van der Waals surface area contributed by atoms with Gasteiger partial charge in [-0.15, -0.1) is 10.2 Å². The lowest BCUT2D eigenvalue weighted by atomic mass is 10.1. The van der Waals surface area contributed by atoms with Gasteiger partial charge in [-0.3, -0.25) is 4.79 Å². The van der Waals surface area contributed by atoms with Gasteiger partial charge in [0, 0.05) is 11.3 Å². The lowest BCUT2D eigenvalue weighted by Gasteiger charge is -2.03. The smallest absolute Gasteiger partial charge is 0.206 e. The molecule has 4 nitrogen and oxygen atoms in total. The number of hydrogen-bond acceptors (Lipinski definition) is 6. The highest BCUT2D eigenvalue weighted by Crippen LogP contribution is 2.25. The van der Waals surface area contributed by atoms with Crippen molar-refractivity contribution in [2.45, 2.75) is 11.3 Å². The van der Waals surface area contributed by atoms with Crippen molar-refractivity contribution in [3.05, 3.63) is 77.1 Å². The fourth-order valence-electron chi connectivity index (χ4n) is 2.23. The first kappa shape index (κ1) is 19.3. The summed E-state index contributed by atoms with van der Waals surface area (Å²) in [6, 6.07) is 14.6. The van der Waals surface area contributed by atoms with Crippen LogP contribution >= 0.6 is 23.1 Å². The van der Waals surface area contributed by atoms with Gasteiger partial charge in [-0.2, -0.15) is 0 Å². The van der Waals surface area contributed by atoms with Crippen molar-refractivity contribution in [1.82, 2.24) is 10.2 Å². The normalized spacial score (nSPS) is 11.0. The van der Waals surface area contributed by atoms with Crippen molar-refractivity contribution >= 4 is 40.1 Å². The Morgan fingerprint density at radius 2 is 2.04 bits per heavy atom. The zero-order valence-electron chi connectivity index (χ0n) is 14.7. The van der Waals surface area contributed by atoms with E-state index in [0.29, 0.717) is 16.3 Å². The molecule has 0 saturated carbocycles. The molecule has 0 amide bonds. The molecule has 2 aromatic carbocycles. The third kappa shape index (κ3) is 5.74. The van der Waals surface area contributed by atoms with Crippen molar-refractivity contribution in [2.75, 3.05) is 17.6 Å². The number of halogens is 1. The minimum atomic E-state index is -0.376. The minimum Gasteiger partial charge on any atom is -0.353 e. The molecule has 0 bridgehead atoms. The summed E-state index contributed by atoms with van der Waals surface area (Å²) in [4.78, 5) is 12.1. The highest BCUT2D eigenvalue weighted by atomic mass is 32.2. The average Bonchev–Trinajstić information content (AvgIpc) is 3.14. The van der Waals surface area contributed by atoms with Gasteiger partial charge in [-0.1, -0.05) is 77.7 Å². The molecule has 0 aliphatic carbocycles. The van der Waals surface area contributed by atoms with Crippen LogP contribution in [0.2, 0.25) is 0 Å². The molecule has 0 fully saturated rings. The first-order chi connectivity index (χ1) is 13.1. The van der Waals surface area contributed by atoms with Crippen LogP contribution in [0.3, 0.4) is 0 Å². The summed E-state index contributed by atoms with van der Waals surface area (Å²) < 4.78 is 14.4. The van der Waals surface area contributed by atoms with E-state index < -0.39 is 0 Å². The number of carbonyl (C=O) groups is 1. The van der Waals surface area contributed by atoms with E-state index in [2.05, 4.69) is 27.7 Å². The number of aromatic nitrogens is 2. The Morgan fingerprint density at radius 3 is 2.81 bits per heavy atom. The number of anilines is 1. The second-order valence-corrected chi connectivity index (χ2v) is 7.98. The summed E-state index contributed by atoms with van der Waals surface area (Å²) in [5.41, 5.74) is 2.02. The lowest BCUT2D eigenvalue weighted by molar-refractivity contribution is 0.101. The van der Waals surface area contributed by atoms with Gasteiger partial charge in [0.1, 0.15) is 5.82 Å². The third-order valence-corrected chi connectivity index (χ3v) is 5.68. The summed E-state index contributed by atoms with van der Waals surface area (Å²) in [6.45, 7) is 1.72. The first-order valence-electron chi connectivity index (χ1n) is 8.33. The average molecular weight is 400 g/mol. The van der Waals surface area contributed by atoms with Crippen LogP contribution in [-0.4, -0.2) is 28.3 Å². The Morgan fingerprint density at radius 1 is 1.22 bits per heavy atom.